The minimum atomic E-state index is 0.760. The van der Waals surface area contributed by atoms with E-state index in [2.05, 4.69) is 75.2 Å². The summed E-state index contributed by atoms with van der Waals surface area (Å²) in [5, 5.41) is 8.00. The van der Waals surface area contributed by atoms with Gasteiger partial charge in [-0.25, -0.2) is 0 Å². The zero-order valence-electron chi connectivity index (χ0n) is 12.2. The Kier molecular flexibility index (Phi) is 4.91. The van der Waals surface area contributed by atoms with Crippen LogP contribution in [0, 0.1) is 20.8 Å². The lowest BCUT2D eigenvalue weighted by atomic mass is 10.1. The average molecular weight is 401 g/mol. The minimum absolute atomic E-state index is 0.760. The molecule has 2 rings (SSSR count). The second-order valence-corrected chi connectivity index (χ2v) is 6.53. The van der Waals surface area contributed by atoms with Crippen molar-refractivity contribution in [2.75, 3.05) is 5.32 Å². The molecule has 0 aliphatic carbocycles. The third-order valence-electron chi connectivity index (χ3n) is 3.35. The number of hydrogen-bond acceptors (Lipinski definition) is 2. The van der Waals surface area contributed by atoms with Gasteiger partial charge in [0.1, 0.15) is 0 Å². The summed E-state index contributed by atoms with van der Waals surface area (Å²) < 4.78 is 4.31. The Hall–Kier alpha value is -0.810. The van der Waals surface area contributed by atoms with Crippen LogP contribution >= 0.6 is 31.9 Å². The van der Waals surface area contributed by atoms with Crippen LogP contribution in [0.5, 0.6) is 0 Å². The number of halogens is 2. The zero-order chi connectivity index (χ0) is 14.9. The van der Waals surface area contributed by atoms with Gasteiger partial charge in [0, 0.05) is 16.7 Å². The van der Waals surface area contributed by atoms with E-state index in [-0.39, 0.29) is 0 Å². The molecule has 1 heterocycles. The van der Waals surface area contributed by atoms with E-state index in [1.54, 1.807) is 0 Å². The van der Waals surface area contributed by atoms with Crippen molar-refractivity contribution in [2.24, 2.45) is 0 Å². The van der Waals surface area contributed by atoms with Crippen molar-refractivity contribution in [3.8, 4) is 0 Å². The highest BCUT2D eigenvalue weighted by molar-refractivity contribution is 9.10. The van der Waals surface area contributed by atoms with Gasteiger partial charge < -0.3 is 5.32 Å². The second-order valence-electron chi connectivity index (χ2n) is 4.94. The fourth-order valence-corrected chi connectivity index (χ4v) is 2.92. The zero-order valence-corrected chi connectivity index (χ0v) is 15.4. The van der Waals surface area contributed by atoms with Gasteiger partial charge >= 0.3 is 0 Å². The Morgan fingerprint density at radius 1 is 1.10 bits per heavy atom. The van der Waals surface area contributed by atoms with E-state index in [9.17, 15) is 0 Å². The number of rotatable bonds is 4. The summed E-state index contributed by atoms with van der Waals surface area (Å²) in [5.74, 6) is 0. The van der Waals surface area contributed by atoms with Gasteiger partial charge in [-0.3, -0.25) is 4.68 Å². The smallest absolute Gasteiger partial charge is 0.0739 e. The number of nitrogens with one attached hydrogen (secondary N) is 1. The van der Waals surface area contributed by atoms with E-state index in [1.165, 1.54) is 21.3 Å². The Labute approximate surface area is 137 Å². The van der Waals surface area contributed by atoms with Gasteiger partial charge in [-0.2, -0.15) is 5.10 Å². The van der Waals surface area contributed by atoms with Gasteiger partial charge in [0.15, 0.2) is 0 Å². The summed E-state index contributed by atoms with van der Waals surface area (Å²) in [6, 6.07) is 4.31. The number of anilines is 1. The molecule has 0 saturated heterocycles. The first kappa shape index (κ1) is 15.6. The van der Waals surface area contributed by atoms with E-state index in [0.717, 1.165) is 28.9 Å². The van der Waals surface area contributed by atoms with Crippen molar-refractivity contribution in [1.82, 2.24) is 9.78 Å². The molecule has 0 radical (unpaired) electrons. The van der Waals surface area contributed by atoms with E-state index in [0.29, 0.717) is 0 Å². The Morgan fingerprint density at radius 2 is 1.70 bits per heavy atom. The maximum Gasteiger partial charge on any atom is 0.0739 e. The van der Waals surface area contributed by atoms with Gasteiger partial charge in [0.05, 0.1) is 22.4 Å². The van der Waals surface area contributed by atoms with Crippen molar-refractivity contribution < 1.29 is 0 Å². The topological polar surface area (TPSA) is 29.9 Å². The van der Waals surface area contributed by atoms with Crippen molar-refractivity contribution >= 4 is 37.5 Å². The van der Waals surface area contributed by atoms with Gasteiger partial charge in [0.25, 0.3) is 0 Å². The number of hydrogen-bond donors (Lipinski definition) is 1. The van der Waals surface area contributed by atoms with Crippen LogP contribution in [-0.2, 0) is 13.1 Å². The summed E-state index contributed by atoms with van der Waals surface area (Å²) in [5.41, 5.74) is 5.84. The van der Waals surface area contributed by atoms with Gasteiger partial charge in [-0.05, 0) is 66.9 Å². The lowest BCUT2D eigenvalue weighted by Crippen LogP contribution is -2.08. The molecule has 20 heavy (non-hydrogen) atoms. The van der Waals surface area contributed by atoms with Crippen LogP contribution in [0.15, 0.2) is 21.1 Å². The molecule has 1 aromatic heterocycles. The number of nitrogens with zero attached hydrogens (tertiary/aromatic N) is 2. The largest absolute Gasteiger partial charge is 0.379 e. The van der Waals surface area contributed by atoms with Crippen LogP contribution in [0.25, 0.3) is 0 Å². The molecule has 0 amide bonds. The molecule has 1 aromatic carbocycles. The number of benzene rings is 1. The minimum Gasteiger partial charge on any atom is -0.379 e. The summed E-state index contributed by atoms with van der Waals surface area (Å²) in [6.07, 6.45) is 0. The normalized spacial score (nSPS) is 10.9. The predicted octanol–water partition coefficient (Wildman–Crippen LogP) is 4.97. The quantitative estimate of drug-likeness (QED) is 0.785. The molecule has 2 aromatic rings. The molecule has 0 saturated carbocycles. The standard InChI is InChI=1S/C15H19Br2N3/c1-5-20-13(15(17)11(4)19-20)8-18-12-6-9(2)14(16)10(3)7-12/h6-7,18H,5,8H2,1-4H3. The lowest BCUT2D eigenvalue weighted by Gasteiger charge is -2.12. The summed E-state index contributed by atoms with van der Waals surface area (Å²) in [6.45, 7) is 9.98. The lowest BCUT2D eigenvalue weighted by molar-refractivity contribution is 0.622. The molecule has 0 atom stereocenters. The first-order chi connectivity index (χ1) is 9.43. The van der Waals surface area contributed by atoms with Crippen molar-refractivity contribution in [3.05, 3.63) is 43.6 Å². The molecular weight excluding hydrogens is 382 g/mol. The number of aryl methyl sites for hydroxylation is 4. The Balaban J connectivity index is 2.21. The Morgan fingerprint density at radius 3 is 2.25 bits per heavy atom. The molecule has 0 aliphatic heterocycles. The molecule has 3 nitrogen and oxygen atoms in total. The van der Waals surface area contributed by atoms with Gasteiger partial charge in [0.2, 0.25) is 0 Å². The molecule has 0 unspecified atom stereocenters. The molecule has 0 spiro atoms. The van der Waals surface area contributed by atoms with E-state index >= 15 is 0 Å². The van der Waals surface area contributed by atoms with Crippen LogP contribution < -0.4 is 5.32 Å². The summed E-state index contributed by atoms with van der Waals surface area (Å²) in [4.78, 5) is 0. The van der Waals surface area contributed by atoms with Crippen LogP contribution in [0.4, 0.5) is 5.69 Å². The Bertz CT molecular complexity index is 609. The van der Waals surface area contributed by atoms with Crippen LogP contribution in [0.3, 0.4) is 0 Å². The molecule has 108 valence electrons. The maximum atomic E-state index is 4.51. The van der Waals surface area contributed by atoms with Crippen molar-refractivity contribution in [3.63, 3.8) is 0 Å². The van der Waals surface area contributed by atoms with Gasteiger partial charge in [-0.1, -0.05) is 15.9 Å². The second kappa shape index (κ2) is 6.31. The molecule has 1 N–H and O–H groups in total. The third kappa shape index (κ3) is 3.09. The fourth-order valence-electron chi connectivity index (χ4n) is 2.27. The first-order valence-corrected chi connectivity index (χ1v) is 8.25. The summed E-state index contributed by atoms with van der Waals surface area (Å²) >= 11 is 7.22. The SMILES string of the molecule is CCn1nc(C)c(Br)c1CNc1cc(C)c(Br)c(C)c1. The van der Waals surface area contributed by atoms with Gasteiger partial charge in [-0.15, -0.1) is 0 Å². The van der Waals surface area contributed by atoms with Crippen LogP contribution in [-0.4, -0.2) is 9.78 Å². The highest BCUT2D eigenvalue weighted by Gasteiger charge is 2.12. The highest BCUT2D eigenvalue weighted by atomic mass is 79.9. The monoisotopic (exact) mass is 399 g/mol. The van der Waals surface area contributed by atoms with E-state index in [1.807, 2.05) is 11.6 Å². The van der Waals surface area contributed by atoms with Crippen LogP contribution in [0.2, 0.25) is 0 Å². The van der Waals surface area contributed by atoms with Crippen LogP contribution in [0.1, 0.15) is 29.4 Å². The summed E-state index contributed by atoms with van der Waals surface area (Å²) in [7, 11) is 0. The third-order valence-corrected chi connectivity index (χ3v) is 5.63. The van der Waals surface area contributed by atoms with Crippen molar-refractivity contribution in [2.45, 2.75) is 40.8 Å². The maximum absolute atomic E-state index is 4.51. The van der Waals surface area contributed by atoms with E-state index < -0.39 is 0 Å². The molecular formula is C15H19Br2N3. The highest BCUT2D eigenvalue weighted by Crippen LogP contribution is 2.26. The predicted molar refractivity (Wildman–Crippen MR) is 91.3 cm³/mol. The average Bonchev–Trinajstić information content (AvgIpc) is 2.69. The fraction of sp³-hybridized carbons (Fsp3) is 0.400. The van der Waals surface area contributed by atoms with E-state index in [4.69, 9.17) is 0 Å². The molecule has 0 aliphatic rings. The first-order valence-electron chi connectivity index (χ1n) is 6.66. The molecule has 5 heteroatoms. The van der Waals surface area contributed by atoms with Crippen molar-refractivity contribution in [1.29, 1.82) is 0 Å². The number of aromatic nitrogens is 2. The molecule has 0 bridgehead atoms. The molecule has 0 fully saturated rings.